The van der Waals surface area contributed by atoms with Gasteiger partial charge in [-0.2, -0.15) is 0 Å². The van der Waals surface area contributed by atoms with Crippen LogP contribution in [-0.4, -0.2) is 24.3 Å². The van der Waals surface area contributed by atoms with Gasteiger partial charge in [-0.25, -0.2) is 0 Å². The molecule has 1 aliphatic rings. The lowest BCUT2D eigenvalue weighted by Crippen LogP contribution is -2.53. The fraction of sp³-hybridized carbons (Fsp3) is 1.00. The molecule has 0 atom stereocenters. The molecule has 0 radical (unpaired) electrons. The van der Waals surface area contributed by atoms with Gasteiger partial charge in [-0.1, -0.05) is 19.3 Å². The number of nitrogens with zero attached hydrogens (tertiary/aromatic N) is 1. The average molecular weight is 185 g/mol. The Morgan fingerprint density at radius 3 is 1.69 bits per heavy atom. The molecule has 13 heavy (non-hydrogen) atoms. The van der Waals surface area contributed by atoms with Crippen LogP contribution >= 0.6 is 0 Å². The maximum atomic E-state index is 12.0. The minimum atomic E-state index is -0.118. The van der Waals surface area contributed by atoms with E-state index in [2.05, 4.69) is 6.92 Å². The minimum absolute atomic E-state index is 0.0274. The van der Waals surface area contributed by atoms with Crippen LogP contribution < -0.4 is 0 Å². The predicted octanol–water partition coefficient (Wildman–Crippen LogP) is 3.06. The van der Waals surface area contributed by atoms with Crippen molar-refractivity contribution in [3.8, 4) is 0 Å². The van der Waals surface area contributed by atoms with Crippen molar-refractivity contribution in [2.45, 2.75) is 57.4 Å². The molecule has 0 aromatic carbocycles. The Bertz CT molecular complexity index is 152. The van der Waals surface area contributed by atoms with Crippen molar-refractivity contribution < 1.29 is 4.65 Å². The third-order valence-corrected chi connectivity index (χ3v) is 3.73. The van der Waals surface area contributed by atoms with Gasteiger partial charge in [0.2, 0.25) is 0 Å². The van der Waals surface area contributed by atoms with Gasteiger partial charge in [-0.3, -0.25) is 0 Å². The fourth-order valence-corrected chi connectivity index (χ4v) is 2.21. The van der Waals surface area contributed by atoms with E-state index >= 15 is 0 Å². The van der Waals surface area contributed by atoms with Crippen LogP contribution in [0.4, 0.5) is 0 Å². The monoisotopic (exact) mass is 185 g/mol. The summed E-state index contributed by atoms with van der Waals surface area (Å²) in [5.41, 5.74) is -0.0274. The number of rotatable bonds is 1. The second-order valence-corrected chi connectivity index (χ2v) is 5.12. The van der Waals surface area contributed by atoms with Crippen LogP contribution in [0.15, 0.2) is 0 Å². The van der Waals surface area contributed by atoms with Crippen molar-refractivity contribution in [1.29, 1.82) is 0 Å². The van der Waals surface area contributed by atoms with Gasteiger partial charge in [0.1, 0.15) is 0 Å². The van der Waals surface area contributed by atoms with Crippen molar-refractivity contribution in [2.75, 3.05) is 14.1 Å². The zero-order valence-electron chi connectivity index (χ0n) is 9.31. The number of quaternary nitrogens is 1. The fourth-order valence-electron chi connectivity index (χ4n) is 2.21. The Morgan fingerprint density at radius 2 is 1.31 bits per heavy atom. The second-order valence-electron chi connectivity index (χ2n) is 5.12. The van der Waals surface area contributed by atoms with Crippen molar-refractivity contribution in [3.63, 3.8) is 0 Å². The van der Waals surface area contributed by atoms with Crippen molar-refractivity contribution in [2.24, 2.45) is 0 Å². The SMILES string of the molecule is CC1([N+](C)(C)[O-])CCCCCCC1. The van der Waals surface area contributed by atoms with Gasteiger partial charge >= 0.3 is 0 Å². The highest BCUT2D eigenvalue weighted by Crippen LogP contribution is 2.33. The highest BCUT2D eigenvalue weighted by atomic mass is 16.5. The molecule has 0 aromatic rings. The van der Waals surface area contributed by atoms with Crippen LogP contribution in [0.25, 0.3) is 0 Å². The molecule has 1 rings (SSSR count). The summed E-state index contributed by atoms with van der Waals surface area (Å²) in [5.74, 6) is 0. The first kappa shape index (κ1) is 11.0. The van der Waals surface area contributed by atoms with Gasteiger partial charge in [-0.15, -0.1) is 0 Å². The molecule has 78 valence electrons. The van der Waals surface area contributed by atoms with E-state index in [9.17, 15) is 5.21 Å². The molecule has 0 spiro atoms. The molecular weight excluding hydrogens is 162 g/mol. The molecule has 0 saturated heterocycles. The smallest absolute Gasteiger partial charge is 0.0957 e. The standard InChI is InChI=1S/C11H23NO/c1-11(12(2,3)13)9-7-5-4-6-8-10-11/h4-10H2,1-3H3. The molecule has 0 aliphatic heterocycles. The molecule has 1 fully saturated rings. The highest BCUT2D eigenvalue weighted by molar-refractivity contribution is 4.77. The van der Waals surface area contributed by atoms with Crippen LogP contribution in [0, 0.1) is 5.21 Å². The zero-order valence-corrected chi connectivity index (χ0v) is 9.31. The Morgan fingerprint density at radius 1 is 0.923 bits per heavy atom. The van der Waals surface area contributed by atoms with Gasteiger partial charge in [0, 0.05) is 12.8 Å². The van der Waals surface area contributed by atoms with E-state index in [1.807, 2.05) is 0 Å². The van der Waals surface area contributed by atoms with E-state index in [-0.39, 0.29) is 10.2 Å². The van der Waals surface area contributed by atoms with Gasteiger partial charge in [0.05, 0.1) is 19.6 Å². The first-order chi connectivity index (χ1) is 5.96. The van der Waals surface area contributed by atoms with Crippen LogP contribution in [0.2, 0.25) is 0 Å². The summed E-state index contributed by atoms with van der Waals surface area (Å²) in [7, 11) is 3.59. The summed E-state index contributed by atoms with van der Waals surface area (Å²) < 4.78 is -0.118. The van der Waals surface area contributed by atoms with Crippen molar-refractivity contribution >= 4 is 0 Å². The van der Waals surface area contributed by atoms with Gasteiger partial charge < -0.3 is 9.85 Å². The lowest BCUT2D eigenvalue weighted by molar-refractivity contribution is -0.895. The van der Waals surface area contributed by atoms with E-state index in [1.165, 1.54) is 32.1 Å². The molecule has 0 unspecified atom stereocenters. The quantitative estimate of drug-likeness (QED) is 0.455. The second kappa shape index (κ2) is 3.97. The maximum absolute atomic E-state index is 12.0. The van der Waals surface area contributed by atoms with Crippen LogP contribution in [-0.2, 0) is 0 Å². The maximum Gasteiger partial charge on any atom is 0.0957 e. The number of hydrogen-bond donors (Lipinski definition) is 0. The molecule has 2 heteroatoms. The molecule has 0 heterocycles. The number of hydroxylamine groups is 3. The molecule has 2 nitrogen and oxygen atoms in total. The first-order valence-electron chi connectivity index (χ1n) is 5.51. The lowest BCUT2D eigenvalue weighted by atomic mass is 9.84. The predicted molar refractivity (Wildman–Crippen MR) is 56.2 cm³/mol. The summed E-state index contributed by atoms with van der Waals surface area (Å²) in [4.78, 5) is 0. The van der Waals surface area contributed by atoms with E-state index in [4.69, 9.17) is 0 Å². The topological polar surface area (TPSA) is 23.1 Å². The van der Waals surface area contributed by atoms with Crippen molar-refractivity contribution in [1.82, 2.24) is 0 Å². The largest absolute Gasteiger partial charge is 0.633 e. The molecular formula is C11H23NO. The van der Waals surface area contributed by atoms with Crippen LogP contribution in [0.5, 0.6) is 0 Å². The molecule has 0 amide bonds. The Hall–Kier alpha value is -0.0800. The normalized spacial score (nSPS) is 24.9. The molecule has 1 aliphatic carbocycles. The van der Waals surface area contributed by atoms with Gasteiger partial charge in [-0.05, 0) is 19.8 Å². The summed E-state index contributed by atoms with van der Waals surface area (Å²) in [6, 6.07) is 0. The Balaban J connectivity index is 2.62. The lowest BCUT2D eigenvalue weighted by Gasteiger charge is -2.51. The summed E-state index contributed by atoms with van der Waals surface area (Å²) in [6.45, 7) is 2.16. The molecule has 0 aromatic heterocycles. The molecule has 1 saturated carbocycles. The van der Waals surface area contributed by atoms with Crippen LogP contribution in [0.1, 0.15) is 51.9 Å². The zero-order chi connectivity index (χ0) is 9.95. The Labute approximate surface area is 82.1 Å². The average Bonchev–Trinajstić information content (AvgIpc) is 1.94. The van der Waals surface area contributed by atoms with Crippen molar-refractivity contribution in [3.05, 3.63) is 5.21 Å². The van der Waals surface area contributed by atoms with E-state index in [0.29, 0.717) is 0 Å². The first-order valence-corrected chi connectivity index (χ1v) is 5.51. The van der Waals surface area contributed by atoms with E-state index in [1.54, 1.807) is 14.1 Å². The van der Waals surface area contributed by atoms with Gasteiger partial charge in [0.15, 0.2) is 0 Å². The Kier molecular flexibility index (Phi) is 3.36. The molecule has 0 bridgehead atoms. The van der Waals surface area contributed by atoms with Gasteiger partial charge in [0.25, 0.3) is 0 Å². The summed E-state index contributed by atoms with van der Waals surface area (Å²) >= 11 is 0. The highest BCUT2D eigenvalue weighted by Gasteiger charge is 2.34. The third-order valence-electron chi connectivity index (χ3n) is 3.73. The number of hydrogen-bond acceptors (Lipinski definition) is 1. The van der Waals surface area contributed by atoms with E-state index < -0.39 is 0 Å². The van der Waals surface area contributed by atoms with E-state index in [0.717, 1.165) is 12.8 Å². The molecule has 0 N–H and O–H groups in total. The third kappa shape index (κ3) is 2.68. The summed E-state index contributed by atoms with van der Waals surface area (Å²) in [5, 5.41) is 12.0. The van der Waals surface area contributed by atoms with Crippen LogP contribution in [0.3, 0.4) is 0 Å². The summed E-state index contributed by atoms with van der Waals surface area (Å²) in [6.07, 6.45) is 8.67. The minimum Gasteiger partial charge on any atom is -0.633 e.